The van der Waals surface area contributed by atoms with Gasteiger partial charge in [0.15, 0.2) is 0 Å². The van der Waals surface area contributed by atoms with Crippen LogP contribution in [0, 0.1) is 6.92 Å². The molecule has 1 aromatic heterocycles. The zero-order valence-corrected chi connectivity index (χ0v) is 14.6. The number of rotatable bonds is 6. The maximum absolute atomic E-state index is 10.4. The predicted octanol–water partition coefficient (Wildman–Crippen LogP) is 2.86. The monoisotopic (exact) mass is 323 g/mol. The van der Waals surface area contributed by atoms with E-state index in [4.69, 9.17) is 4.98 Å². The minimum absolute atomic E-state index is 0.423. The van der Waals surface area contributed by atoms with E-state index >= 15 is 0 Å². The summed E-state index contributed by atoms with van der Waals surface area (Å²) in [4.78, 5) is 6.82. The Morgan fingerprint density at radius 2 is 1.79 bits per heavy atom. The number of para-hydroxylation sites is 2. The Morgan fingerprint density at radius 1 is 1.08 bits per heavy atom. The zero-order valence-electron chi connectivity index (χ0n) is 14.6. The van der Waals surface area contributed by atoms with Crippen molar-refractivity contribution >= 4 is 11.0 Å². The third kappa shape index (κ3) is 3.66. The Kier molecular flexibility index (Phi) is 4.97. The van der Waals surface area contributed by atoms with Crippen molar-refractivity contribution in [1.82, 2.24) is 14.5 Å². The Hall–Kier alpha value is -2.17. The van der Waals surface area contributed by atoms with Crippen molar-refractivity contribution in [3.8, 4) is 0 Å². The third-order valence-electron chi connectivity index (χ3n) is 4.31. The molecule has 0 bridgehead atoms. The highest BCUT2D eigenvalue weighted by atomic mass is 16.3. The fourth-order valence-corrected chi connectivity index (χ4v) is 3.13. The van der Waals surface area contributed by atoms with Crippen LogP contribution in [0.25, 0.3) is 11.0 Å². The Balaban J connectivity index is 1.97. The van der Waals surface area contributed by atoms with Crippen molar-refractivity contribution in [2.24, 2.45) is 0 Å². The first kappa shape index (κ1) is 16.7. The molecule has 4 nitrogen and oxygen atoms in total. The van der Waals surface area contributed by atoms with Crippen LogP contribution in [0.4, 0.5) is 0 Å². The minimum atomic E-state index is -0.423. The van der Waals surface area contributed by atoms with Gasteiger partial charge in [-0.3, -0.25) is 0 Å². The van der Waals surface area contributed by atoms with E-state index < -0.39 is 6.10 Å². The summed E-state index contributed by atoms with van der Waals surface area (Å²) in [6.45, 7) is 3.32. The number of aromatic nitrogens is 2. The second-order valence-corrected chi connectivity index (χ2v) is 6.65. The Morgan fingerprint density at radius 3 is 2.54 bits per heavy atom. The molecule has 0 amide bonds. The predicted molar refractivity (Wildman–Crippen MR) is 98.3 cm³/mol. The molecule has 2 aromatic carbocycles. The Labute approximate surface area is 143 Å². The number of aliphatic hydroxyl groups excluding tert-OH is 1. The first-order valence-corrected chi connectivity index (χ1v) is 8.36. The SMILES string of the molecule is Cc1ccccc1Cc1nc2ccccc2n1C[C@@H](O)CN(C)C. The molecule has 3 aromatic rings. The van der Waals surface area contributed by atoms with Gasteiger partial charge in [-0.25, -0.2) is 4.98 Å². The molecule has 126 valence electrons. The van der Waals surface area contributed by atoms with Crippen LogP contribution in [0.1, 0.15) is 17.0 Å². The number of nitrogens with zero attached hydrogens (tertiary/aromatic N) is 3. The lowest BCUT2D eigenvalue weighted by Crippen LogP contribution is -2.30. The number of likely N-dealkylation sites (N-methyl/N-ethyl adjacent to an activating group) is 1. The summed E-state index contributed by atoms with van der Waals surface area (Å²) < 4.78 is 2.16. The van der Waals surface area contributed by atoms with Crippen LogP contribution in [0.3, 0.4) is 0 Å². The molecule has 0 fully saturated rings. The molecule has 0 saturated heterocycles. The van der Waals surface area contributed by atoms with E-state index in [1.54, 1.807) is 0 Å². The first-order valence-electron chi connectivity index (χ1n) is 8.36. The summed E-state index contributed by atoms with van der Waals surface area (Å²) in [6, 6.07) is 16.5. The molecule has 24 heavy (non-hydrogen) atoms. The van der Waals surface area contributed by atoms with Gasteiger partial charge >= 0.3 is 0 Å². The molecule has 0 aliphatic heterocycles. The summed E-state index contributed by atoms with van der Waals surface area (Å²) in [5, 5.41) is 10.4. The van der Waals surface area contributed by atoms with Crippen molar-refractivity contribution in [1.29, 1.82) is 0 Å². The van der Waals surface area contributed by atoms with E-state index in [2.05, 4.69) is 41.8 Å². The van der Waals surface area contributed by atoms with E-state index in [1.807, 2.05) is 37.2 Å². The largest absolute Gasteiger partial charge is 0.390 e. The van der Waals surface area contributed by atoms with Gasteiger partial charge in [0.25, 0.3) is 0 Å². The summed E-state index contributed by atoms with van der Waals surface area (Å²) in [5.74, 6) is 1.00. The van der Waals surface area contributed by atoms with Gasteiger partial charge in [-0.1, -0.05) is 36.4 Å². The molecule has 3 rings (SSSR count). The summed E-state index contributed by atoms with van der Waals surface area (Å²) in [6.07, 6.45) is 0.351. The molecule has 1 N–H and O–H groups in total. The van der Waals surface area contributed by atoms with Crippen LogP contribution < -0.4 is 0 Å². The van der Waals surface area contributed by atoms with Crippen LogP contribution in [0.2, 0.25) is 0 Å². The van der Waals surface area contributed by atoms with Crippen molar-refractivity contribution in [2.75, 3.05) is 20.6 Å². The van der Waals surface area contributed by atoms with E-state index in [0.29, 0.717) is 13.1 Å². The fourth-order valence-electron chi connectivity index (χ4n) is 3.13. The maximum Gasteiger partial charge on any atom is 0.114 e. The molecule has 0 spiro atoms. The van der Waals surface area contributed by atoms with Gasteiger partial charge in [-0.05, 0) is 44.3 Å². The zero-order chi connectivity index (χ0) is 17.1. The molecule has 0 saturated carbocycles. The van der Waals surface area contributed by atoms with Crippen LogP contribution >= 0.6 is 0 Å². The van der Waals surface area contributed by atoms with E-state index in [-0.39, 0.29) is 0 Å². The van der Waals surface area contributed by atoms with Gasteiger partial charge in [-0.15, -0.1) is 0 Å². The highest BCUT2D eigenvalue weighted by molar-refractivity contribution is 5.76. The highest BCUT2D eigenvalue weighted by Gasteiger charge is 2.15. The minimum Gasteiger partial charge on any atom is -0.390 e. The molecule has 4 heteroatoms. The lowest BCUT2D eigenvalue weighted by Gasteiger charge is -2.18. The second kappa shape index (κ2) is 7.16. The lowest BCUT2D eigenvalue weighted by molar-refractivity contribution is 0.120. The van der Waals surface area contributed by atoms with Gasteiger partial charge in [0.05, 0.1) is 23.7 Å². The van der Waals surface area contributed by atoms with Crippen LogP contribution in [0.15, 0.2) is 48.5 Å². The van der Waals surface area contributed by atoms with Crippen molar-refractivity contribution in [2.45, 2.75) is 26.0 Å². The van der Waals surface area contributed by atoms with Crippen molar-refractivity contribution in [3.63, 3.8) is 0 Å². The van der Waals surface area contributed by atoms with Gasteiger partial charge in [0.2, 0.25) is 0 Å². The maximum atomic E-state index is 10.4. The van der Waals surface area contributed by atoms with E-state index in [0.717, 1.165) is 23.3 Å². The van der Waals surface area contributed by atoms with Crippen LogP contribution in [-0.4, -0.2) is 46.3 Å². The lowest BCUT2D eigenvalue weighted by atomic mass is 10.1. The number of aliphatic hydroxyl groups is 1. The van der Waals surface area contributed by atoms with Crippen molar-refractivity contribution in [3.05, 3.63) is 65.5 Å². The van der Waals surface area contributed by atoms with Gasteiger partial charge in [-0.2, -0.15) is 0 Å². The van der Waals surface area contributed by atoms with Gasteiger partial charge in [0, 0.05) is 13.0 Å². The van der Waals surface area contributed by atoms with Gasteiger partial charge < -0.3 is 14.6 Å². The molecular weight excluding hydrogens is 298 g/mol. The normalized spacial score (nSPS) is 12.9. The van der Waals surface area contributed by atoms with Crippen LogP contribution in [-0.2, 0) is 13.0 Å². The third-order valence-corrected chi connectivity index (χ3v) is 4.31. The fraction of sp³-hybridized carbons (Fsp3) is 0.350. The quantitative estimate of drug-likeness (QED) is 0.758. The van der Waals surface area contributed by atoms with Gasteiger partial charge in [0.1, 0.15) is 5.82 Å². The average molecular weight is 323 g/mol. The molecule has 1 atom stereocenters. The second-order valence-electron chi connectivity index (χ2n) is 6.65. The summed E-state index contributed by atoms with van der Waals surface area (Å²) >= 11 is 0. The molecular formula is C20H25N3O. The first-order chi connectivity index (χ1) is 11.5. The number of fused-ring (bicyclic) bond motifs is 1. The number of imidazole rings is 1. The molecule has 1 heterocycles. The smallest absolute Gasteiger partial charge is 0.114 e. The summed E-state index contributed by atoms with van der Waals surface area (Å²) in [5.41, 5.74) is 4.61. The number of benzene rings is 2. The summed E-state index contributed by atoms with van der Waals surface area (Å²) in [7, 11) is 3.95. The topological polar surface area (TPSA) is 41.3 Å². The number of hydrogen-bond donors (Lipinski definition) is 1. The van der Waals surface area contributed by atoms with E-state index in [9.17, 15) is 5.11 Å². The average Bonchev–Trinajstić information content (AvgIpc) is 2.86. The van der Waals surface area contributed by atoms with Crippen LogP contribution in [0.5, 0.6) is 0 Å². The molecule has 0 radical (unpaired) electrons. The highest BCUT2D eigenvalue weighted by Crippen LogP contribution is 2.20. The number of aryl methyl sites for hydroxylation is 1. The standard InChI is InChI=1S/C20H25N3O/c1-15-8-4-5-9-16(15)12-20-21-18-10-6-7-11-19(18)23(20)14-17(24)13-22(2)3/h4-11,17,24H,12-14H2,1-3H3/t17-/m0/s1. The molecule has 0 aliphatic carbocycles. The molecule has 0 unspecified atom stereocenters. The van der Waals surface area contributed by atoms with E-state index in [1.165, 1.54) is 11.1 Å². The number of hydrogen-bond acceptors (Lipinski definition) is 3. The molecule has 0 aliphatic rings. The Bertz CT molecular complexity index is 823. The van der Waals surface area contributed by atoms with Crippen molar-refractivity contribution < 1.29 is 5.11 Å².